The molecule has 0 bridgehead atoms. The smallest absolute Gasteiger partial charge is 0.287 e. The van der Waals surface area contributed by atoms with Crippen molar-refractivity contribution < 1.29 is 14.3 Å². The van der Waals surface area contributed by atoms with Gasteiger partial charge in [-0.1, -0.05) is 30.3 Å². The molecule has 1 saturated heterocycles. The predicted octanol–water partition coefficient (Wildman–Crippen LogP) is 1.60. The second kappa shape index (κ2) is 7.31. The van der Waals surface area contributed by atoms with E-state index in [1.54, 1.807) is 0 Å². The number of nitrogens with one attached hydrogen (secondary N) is 1. The second-order valence-corrected chi connectivity index (χ2v) is 6.08. The molecule has 2 aromatic rings. The summed E-state index contributed by atoms with van der Waals surface area (Å²) in [6.07, 6.45) is 1.90. The highest BCUT2D eigenvalue weighted by Gasteiger charge is 2.23. The van der Waals surface area contributed by atoms with Crippen molar-refractivity contribution in [1.29, 1.82) is 0 Å². The first kappa shape index (κ1) is 16.3. The van der Waals surface area contributed by atoms with Crippen LogP contribution in [-0.2, 0) is 6.54 Å². The van der Waals surface area contributed by atoms with E-state index >= 15 is 0 Å². The molecule has 0 radical (unpaired) electrons. The largest absolute Gasteiger partial charge is 0.502 e. The Morgan fingerprint density at radius 2 is 2.12 bits per heavy atom. The zero-order chi connectivity index (χ0) is 16.9. The van der Waals surface area contributed by atoms with Crippen molar-refractivity contribution in [2.75, 3.05) is 19.6 Å². The summed E-state index contributed by atoms with van der Waals surface area (Å²) >= 11 is 0. The third kappa shape index (κ3) is 4.02. The molecular weight excluding hydrogens is 308 g/mol. The summed E-state index contributed by atoms with van der Waals surface area (Å²) in [5.74, 6) is -0.647. The van der Waals surface area contributed by atoms with Gasteiger partial charge in [0.15, 0.2) is 11.5 Å². The van der Waals surface area contributed by atoms with E-state index in [0.29, 0.717) is 12.5 Å². The van der Waals surface area contributed by atoms with Gasteiger partial charge in [0.05, 0.1) is 0 Å². The van der Waals surface area contributed by atoms with Crippen molar-refractivity contribution in [3.8, 4) is 5.75 Å². The second-order valence-electron chi connectivity index (χ2n) is 6.08. The molecule has 6 heteroatoms. The van der Waals surface area contributed by atoms with Gasteiger partial charge < -0.3 is 14.8 Å². The normalized spacial score (nSPS) is 17.8. The Bertz CT molecular complexity index is 757. The molecular formula is C18H20N2O4. The van der Waals surface area contributed by atoms with E-state index in [-0.39, 0.29) is 5.76 Å². The topological polar surface area (TPSA) is 82.8 Å². The number of likely N-dealkylation sites (tertiary alicyclic amines) is 1. The third-order valence-corrected chi connectivity index (χ3v) is 4.21. The average molecular weight is 328 g/mol. The maximum atomic E-state index is 12.0. The van der Waals surface area contributed by atoms with Crippen LogP contribution in [0.1, 0.15) is 22.5 Å². The molecule has 6 nitrogen and oxygen atoms in total. The van der Waals surface area contributed by atoms with Crippen LogP contribution in [-0.4, -0.2) is 35.5 Å². The SMILES string of the molecule is O=C(NCC1CCN(Cc2ccccc2)C1)c1cc(=O)c(O)co1. The lowest BCUT2D eigenvalue weighted by Crippen LogP contribution is -2.31. The van der Waals surface area contributed by atoms with Gasteiger partial charge >= 0.3 is 0 Å². The van der Waals surface area contributed by atoms with Crippen molar-refractivity contribution in [1.82, 2.24) is 10.2 Å². The fourth-order valence-corrected chi connectivity index (χ4v) is 2.91. The van der Waals surface area contributed by atoms with Crippen LogP contribution in [0.15, 0.2) is 51.9 Å². The van der Waals surface area contributed by atoms with Gasteiger partial charge in [-0.25, -0.2) is 0 Å². The van der Waals surface area contributed by atoms with Crippen molar-refractivity contribution in [2.45, 2.75) is 13.0 Å². The maximum Gasteiger partial charge on any atom is 0.287 e. The Morgan fingerprint density at radius 1 is 1.33 bits per heavy atom. The summed E-state index contributed by atoms with van der Waals surface area (Å²) in [5.41, 5.74) is 0.661. The standard InChI is InChI=1S/C18H20N2O4/c21-15-8-17(24-12-16(15)22)18(23)19-9-14-6-7-20(11-14)10-13-4-2-1-3-5-13/h1-5,8,12,14,22H,6-7,9-11H2,(H,19,23). The molecule has 3 rings (SSSR count). The van der Waals surface area contributed by atoms with E-state index in [1.165, 1.54) is 5.56 Å². The Labute approximate surface area is 139 Å². The molecule has 0 saturated carbocycles. The zero-order valence-electron chi connectivity index (χ0n) is 13.3. The van der Waals surface area contributed by atoms with Gasteiger partial charge in [-0.3, -0.25) is 14.5 Å². The Hall–Kier alpha value is -2.60. The number of amides is 1. The summed E-state index contributed by atoms with van der Waals surface area (Å²) in [7, 11) is 0. The van der Waals surface area contributed by atoms with Gasteiger partial charge in [-0.15, -0.1) is 0 Å². The van der Waals surface area contributed by atoms with Crippen LogP contribution in [0.2, 0.25) is 0 Å². The quantitative estimate of drug-likeness (QED) is 0.871. The van der Waals surface area contributed by atoms with E-state index < -0.39 is 17.1 Å². The van der Waals surface area contributed by atoms with Gasteiger partial charge in [-0.05, 0) is 24.4 Å². The van der Waals surface area contributed by atoms with Crippen LogP contribution in [0.4, 0.5) is 0 Å². The van der Waals surface area contributed by atoms with E-state index in [0.717, 1.165) is 38.4 Å². The molecule has 0 aliphatic carbocycles. The molecule has 1 unspecified atom stereocenters. The fourth-order valence-electron chi connectivity index (χ4n) is 2.91. The molecule has 126 valence electrons. The minimum absolute atomic E-state index is 0.0862. The first-order chi connectivity index (χ1) is 11.6. The summed E-state index contributed by atoms with van der Waals surface area (Å²) in [6.45, 7) is 3.38. The molecule has 2 N–H and O–H groups in total. The molecule has 2 heterocycles. The number of rotatable bonds is 5. The lowest BCUT2D eigenvalue weighted by molar-refractivity contribution is 0.0916. The summed E-state index contributed by atoms with van der Waals surface area (Å²) in [6, 6.07) is 11.3. The van der Waals surface area contributed by atoms with Crippen molar-refractivity contribution in [3.05, 3.63) is 64.2 Å². The Balaban J connectivity index is 1.48. The number of aromatic hydroxyl groups is 1. The van der Waals surface area contributed by atoms with E-state index in [9.17, 15) is 9.59 Å². The third-order valence-electron chi connectivity index (χ3n) is 4.21. The van der Waals surface area contributed by atoms with Crippen LogP contribution in [0, 0.1) is 5.92 Å². The average Bonchev–Trinajstić information content (AvgIpc) is 3.03. The lowest BCUT2D eigenvalue weighted by atomic mass is 10.1. The Kier molecular flexibility index (Phi) is 4.96. The first-order valence-corrected chi connectivity index (χ1v) is 7.98. The molecule has 1 fully saturated rings. The summed E-state index contributed by atoms with van der Waals surface area (Å²) in [4.78, 5) is 25.7. The molecule has 1 atom stereocenters. The lowest BCUT2D eigenvalue weighted by Gasteiger charge is -2.16. The van der Waals surface area contributed by atoms with Gasteiger partial charge in [0.2, 0.25) is 5.43 Å². The van der Waals surface area contributed by atoms with Crippen molar-refractivity contribution in [3.63, 3.8) is 0 Å². The summed E-state index contributed by atoms with van der Waals surface area (Å²) in [5, 5.41) is 11.9. The summed E-state index contributed by atoms with van der Waals surface area (Å²) < 4.78 is 4.94. The predicted molar refractivity (Wildman–Crippen MR) is 88.8 cm³/mol. The minimum atomic E-state index is -0.624. The number of carbonyl (C=O) groups excluding carboxylic acids is 1. The molecule has 1 amide bonds. The van der Waals surface area contributed by atoms with Crippen LogP contribution in [0.25, 0.3) is 0 Å². The van der Waals surface area contributed by atoms with E-state index in [2.05, 4.69) is 22.3 Å². The first-order valence-electron chi connectivity index (χ1n) is 7.98. The molecule has 1 aliphatic rings. The molecule has 24 heavy (non-hydrogen) atoms. The monoisotopic (exact) mass is 328 g/mol. The van der Waals surface area contributed by atoms with Crippen LogP contribution in [0.5, 0.6) is 5.75 Å². The minimum Gasteiger partial charge on any atom is -0.502 e. The Morgan fingerprint density at radius 3 is 2.88 bits per heavy atom. The fraction of sp³-hybridized carbons (Fsp3) is 0.333. The molecule has 1 aliphatic heterocycles. The van der Waals surface area contributed by atoms with E-state index in [4.69, 9.17) is 9.52 Å². The van der Waals surface area contributed by atoms with Gasteiger partial charge in [-0.2, -0.15) is 0 Å². The number of benzene rings is 1. The number of hydrogen-bond acceptors (Lipinski definition) is 5. The number of nitrogens with zero attached hydrogens (tertiary/aromatic N) is 1. The van der Waals surface area contributed by atoms with Crippen LogP contribution in [0.3, 0.4) is 0 Å². The van der Waals surface area contributed by atoms with Crippen LogP contribution < -0.4 is 10.7 Å². The van der Waals surface area contributed by atoms with Crippen molar-refractivity contribution >= 4 is 5.91 Å². The molecule has 1 aromatic carbocycles. The zero-order valence-corrected chi connectivity index (χ0v) is 13.3. The molecule has 1 aromatic heterocycles. The van der Waals surface area contributed by atoms with Gasteiger partial charge in [0.25, 0.3) is 5.91 Å². The molecule has 0 spiro atoms. The highest BCUT2D eigenvalue weighted by atomic mass is 16.4. The van der Waals surface area contributed by atoms with Crippen molar-refractivity contribution in [2.24, 2.45) is 5.92 Å². The highest BCUT2D eigenvalue weighted by Crippen LogP contribution is 2.18. The number of hydrogen-bond donors (Lipinski definition) is 2. The van der Waals surface area contributed by atoms with Gasteiger partial charge in [0.1, 0.15) is 6.26 Å². The highest BCUT2D eigenvalue weighted by molar-refractivity contribution is 5.91. The number of carbonyl (C=O) groups is 1. The maximum absolute atomic E-state index is 12.0. The van der Waals surface area contributed by atoms with Crippen LogP contribution >= 0.6 is 0 Å². The van der Waals surface area contributed by atoms with Gasteiger partial charge in [0, 0.05) is 25.7 Å². The van der Waals surface area contributed by atoms with E-state index in [1.807, 2.05) is 18.2 Å².